The Hall–Kier alpha value is -5.98. The van der Waals surface area contributed by atoms with E-state index >= 15 is 0 Å². The molecular weight excluding hydrogens is 589 g/mol. The van der Waals surface area contributed by atoms with Crippen molar-refractivity contribution in [3.05, 3.63) is 181 Å². The van der Waals surface area contributed by atoms with Gasteiger partial charge in [-0.05, 0) is 129 Å². The molecule has 0 heteroatoms. The lowest BCUT2D eigenvalue weighted by molar-refractivity contribution is 0.660. The first-order valence-corrected chi connectivity index (χ1v) is 17.3. The highest BCUT2D eigenvalue weighted by atomic mass is 14.4. The van der Waals surface area contributed by atoms with E-state index in [0.29, 0.717) is 0 Å². The molecule has 1 aliphatic rings. The molecule has 0 atom stereocenters. The Morgan fingerprint density at radius 3 is 1.51 bits per heavy atom. The standard InChI is InChI=1S/C49H34/c1-49(2)45-23-13-12-20-37(45)38-25-24-36(30-46(38)49)47-39-21-10-11-22-40(39)48(44-29-35-19-9-8-18-34(35)28-43(44)47)42-27-33-17-7-6-16-32(33)26-41(42)31-14-4-3-5-15-31/h3-30H,1-2H3. The molecule has 1 aliphatic carbocycles. The van der Waals surface area contributed by atoms with Crippen LogP contribution >= 0.6 is 0 Å². The minimum absolute atomic E-state index is 0.0736. The Labute approximate surface area is 286 Å². The predicted octanol–water partition coefficient (Wildman–Crippen LogP) is 13.6. The van der Waals surface area contributed by atoms with Crippen LogP contribution in [0, 0.1) is 0 Å². The largest absolute Gasteiger partial charge is 0.0622 e. The highest BCUT2D eigenvalue weighted by Crippen LogP contribution is 2.52. The number of hydrogen-bond acceptors (Lipinski definition) is 0. The molecule has 0 aromatic heterocycles. The van der Waals surface area contributed by atoms with E-state index in [0.717, 1.165) is 0 Å². The molecule has 0 bridgehead atoms. The zero-order chi connectivity index (χ0) is 32.7. The van der Waals surface area contributed by atoms with Crippen LogP contribution in [0.2, 0.25) is 0 Å². The molecular formula is C49H34. The molecule has 0 radical (unpaired) electrons. The molecule has 9 aromatic rings. The van der Waals surface area contributed by atoms with Crippen molar-refractivity contribution in [2.45, 2.75) is 19.3 Å². The van der Waals surface area contributed by atoms with Crippen molar-refractivity contribution in [1.82, 2.24) is 0 Å². The van der Waals surface area contributed by atoms with Crippen molar-refractivity contribution in [2.75, 3.05) is 0 Å². The van der Waals surface area contributed by atoms with Gasteiger partial charge in [0.2, 0.25) is 0 Å². The fourth-order valence-corrected chi connectivity index (χ4v) is 8.63. The molecule has 0 amide bonds. The lowest BCUT2D eigenvalue weighted by Crippen LogP contribution is -2.14. The summed E-state index contributed by atoms with van der Waals surface area (Å²) >= 11 is 0. The van der Waals surface area contributed by atoms with Crippen LogP contribution in [0.4, 0.5) is 0 Å². The Balaban J connectivity index is 1.35. The number of rotatable bonds is 3. The molecule has 10 rings (SSSR count). The maximum absolute atomic E-state index is 2.48. The van der Waals surface area contributed by atoms with Crippen molar-refractivity contribution in [2.24, 2.45) is 0 Å². The second-order valence-electron chi connectivity index (χ2n) is 14.1. The minimum Gasteiger partial charge on any atom is -0.0622 e. The lowest BCUT2D eigenvalue weighted by atomic mass is 9.79. The number of fused-ring (bicyclic) bond motifs is 7. The van der Waals surface area contributed by atoms with E-state index in [4.69, 9.17) is 0 Å². The van der Waals surface area contributed by atoms with Crippen LogP contribution in [-0.4, -0.2) is 0 Å². The van der Waals surface area contributed by atoms with E-state index in [9.17, 15) is 0 Å². The fourth-order valence-electron chi connectivity index (χ4n) is 8.63. The van der Waals surface area contributed by atoms with Gasteiger partial charge in [0.25, 0.3) is 0 Å². The molecule has 9 aromatic carbocycles. The van der Waals surface area contributed by atoms with Gasteiger partial charge < -0.3 is 0 Å². The van der Waals surface area contributed by atoms with Gasteiger partial charge >= 0.3 is 0 Å². The SMILES string of the molecule is CC1(C)c2ccccc2-c2ccc(-c3c4ccccc4c(-c4cc5ccccc5cc4-c4ccccc4)c4cc5ccccc5cc34)cc21. The van der Waals surface area contributed by atoms with Crippen LogP contribution in [0.15, 0.2) is 170 Å². The normalized spacial score (nSPS) is 13.3. The molecule has 230 valence electrons. The van der Waals surface area contributed by atoms with Crippen LogP contribution in [0.25, 0.3) is 87.6 Å². The molecule has 0 saturated carbocycles. The fraction of sp³-hybridized carbons (Fsp3) is 0.0612. The summed E-state index contributed by atoms with van der Waals surface area (Å²) < 4.78 is 0. The summed E-state index contributed by atoms with van der Waals surface area (Å²) in [5, 5.41) is 10.1. The van der Waals surface area contributed by atoms with Gasteiger partial charge in [-0.3, -0.25) is 0 Å². The third kappa shape index (κ3) is 4.17. The van der Waals surface area contributed by atoms with Crippen molar-refractivity contribution in [1.29, 1.82) is 0 Å². The van der Waals surface area contributed by atoms with Crippen LogP contribution in [0.5, 0.6) is 0 Å². The quantitative estimate of drug-likeness (QED) is 0.172. The molecule has 0 aliphatic heterocycles. The van der Waals surface area contributed by atoms with Crippen LogP contribution in [0.3, 0.4) is 0 Å². The van der Waals surface area contributed by atoms with Gasteiger partial charge in [0, 0.05) is 5.41 Å². The van der Waals surface area contributed by atoms with E-state index in [1.807, 2.05) is 0 Å². The highest BCUT2D eigenvalue weighted by Gasteiger charge is 2.35. The van der Waals surface area contributed by atoms with Gasteiger partial charge in [-0.2, -0.15) is 0 Å². The maximum atomic E-state index is 2.48. The lowest BCUT2D eigenvalue weighted by Gasteiger charge is -2.23. The van der Waals surface area contributed by atoms with Gasteiger partial charge in [-0.25, -0.2) is 0 Å². The first kappa shape index (κ1) is 28.1. The van der Waals surface area contributed by atoms with Gasteiger partial charge in [0.15, 0.2) is 0 Å². The summed E-state index contributed by atoms with van der Waals surface area (Å²) in [6.07, 6.45) is 0. The topological polar surface area (TPSA) is 0 Å². The van der Waals surface area contributed by atoms with Gasteiger partial charge in [0.1, 0.15) is 0 Å². The van der Waals surface area contributed by atoms with Crippen molar-refractivity contribution < 1.29 is 0 Å². The summed E-state index contributed by atoms with van der Waals surface area (Å²) in [6.45, 7) is 4.75. The molecule has 0 spiro atoms. The van der Waals surface area contributed by atoms with E-state index in [1.54, 1.807) is 0 Å². The second kappa shape index (κ2) is 10.5. The number of benzene rings is 9. The van der Waals surface area contributed by atoms with Crippen LogP contribution < -0.4 is 0 Å². The van der Waals surface area contributed by atoms with Crippen LogP contribution in [-0.2, 0) is 5.41 Å². The molecule has 0 N–H and O–H groups in total. The van der Waals surface area contributed by atoms with Crippen LogP contribution in [0.1, 0.15) is 25.0 Å². The van der Waals surface area contributed by atoms with Crippen molar-refractivity contribution in [3.8, 4) is 44.5 Å². The Kier molecular flexibility index (Phi) is 6.02. The van der Waals surface area contributed by atoms with Gasteiger partial charge in [-0.15, -0.1) is 0 Å². The Morgan fingerprint density at radius 1 is 0.306 bits per heavy atom. The Bertz CT molecular complexity index is 2780. The van der Waals surface area contributed by atoms with E-state index in [1.165, 1.54) is 98.7 Å². The molecule has 0 nitrogen and oxygen atoms in total. The summed E-state index contributed by atoms with van der Waals surface area (Å²) in [5.41, 5.74) is 13.0. The maximum Gasteiger partial charge on any atom is 0.0159 e. The monoisotopic (exact) mass is 622 g/mol. The molecule has 0 unspecified atom stereocenters. The summed E-state index contributed by atoms with van der Waals surface area (Å²) in [7, 11) is 0. The van der Waals surface area contributed by atoms with E-state index < -0.39 is 0 Å². The first-order valence-electron chi connectivity index (χ1n) is 17.3. The predicted molar refractivity (Wildman–Crippen MR) is 210 cm³/mol. The molecule has 0 fully saturated rings. The Morgan fingerprint density at radius 2 is 0.816 bits per heavy atom. The third-order valence-electron chi connectivity index (χ3n) is 11.0. The van der Waals surface area contributed by atoms with Gasteiger partial charge in [-0.1, -0.05) is 153 Å². The average Bonchev–Trinajstić information content (AvgIpc) is 3.38. The van der Waals surface area contributed by atoms with Gasteiger partial charge in [0.05, 0.1) is 0 Å². The smallest absolute Gasteiger partial charge is 0.0159 e. The summed E-state index contributed by atoms with van der Waals surface area (Å²) in [5.74, 6) is 0. The highest BCUT2D eigenvalue weighted by molar-refractivity contribution is 6.25. The zero-order valence-electron chi connectivity index (χ0n) is 27.7. The minimum atomic E-state index is -0.0736. The van der Waals surface area contributed by atoms with Crippen molar-refractivity contribution >= 4 is 43.1 Å². The first-order chi connectivity index (χ1) is 24.1. The summed E-state index contributed by atoms with van der Waals surface area (Å²) in [4.78, 5) is 0. The molecule has 0 saturated heterocycles. The van der Waals surface area contributed by atoms with Crippen molar-refractivity contribution in [3.63, 3.8) is 0 Å². The second-order valence-corrected chi connectivity index (χ2v) is 14.1. The average molecular weight is 623 g/mol. The zero-order valence-corrected chi connectivity index (χ0v) is 27.7. The third-order valence-corrected chi connectivity index (χ3v) is 11.0. The molecule has 0 heterocycles. The number of hydrogen-bond donors (Lipinski definition) is 0. The van der Waals surface area contributed by atoms with E-state index in [-0.39, 0.29) is 5.41 Å². The molecule has 49 heavy (non-hydrogen) atoms. The summed E-state index contributed by atoms with van der Waals surface area (Å²) in [6, 6.07) is 63.3. The van der Waals surface area contributed by atoms with E-state index in [2.05, 4.69) is 184 Å².